The molecule has 1 rings (SSSR count). The van der Waals surface area contributed by atoms with Crippen LogP contribution in [0, 0.1) is 11.3 Å². The highest BCUT2D eigenvalue weighted by atomic mass is 16.5. The van der Waals surface area contributed by atoms with E-state index in [2.05, 4.69) is 11.9 Å². The Bertz CT molecular complexity index is 190. The molecule has 0 aromatic heterocycles. The summed E-state index contributed by atoms with van der Waals surface area (Å²) in [6.45, 7) is 4.04. The van der Waals surface area contributed by atoms with Crippen LogP contribution in [-0.2, 0) is 4.74 Å². The summed E-state index contributed by atoms with van der Waals surface area (Å²) >= 11 is 0. The van der Waals surface area contributed by atoms with Crippen LogP contribution in [0.15, 0.2) is 0 Å². The second kappa shape index (κ2) is 6.80. The van der Waals surface area contributed by atoms with Crippen LogP contribution in [0.5, 0.6) is 0 Å². The highest BCUT2D eigenvalue weighted by molar-refractivity contribution is 5.76. The predicted octanol–water partition coefficient (Wildman–Crippen LogP) is 1.06. The van der Waals surface area contributed by atoms with Gasteiger partial charge in [-0.3, -0.25) is 5.41 Å². The van der Waals surface area contributed by atoms with Gasteiger partial charge in [0.05, 0.1) is 5.84 Å². The number of hydrogen-bond donors (Lipinski definition) is 2. The first-order chi connectivity index (χ1) is 7.18. The third-order valence-electron chi connectivity index (χ3n) is 2.90. The Balaban J connectivity index is 2.06. The summed E-state index contributed by atoms with van der Waals surface area (Å²) in [4.78, 5) is 2.35. The third-order valence-corrected chi connectivity index (χ3v) is 2.90. The van der Waals surface area contributed by atoms with Crippen LogP contribution in [0.1, 0.15) is 25.7 Å². The van der Waals surface area contributed by atoms with E-state index in [1.54, 1.807) is 0 Å². The number of amidine groups is 1. The van der Waals surface area contributed by atoms with Gasteiger partial charge in [-0.1, -0.05) is 0 Å². The Morgan fingerprint density at radius 1 is 1.47 bits per heavy atom. The molecule has 1 fully saturated rings. The molecule has 0 atom stereocenters. The number of hydrogen-bond acceptors (Lipinski definition) is 3. The summed E-state index contributed by atoms with van der Waals surface area (Å²) in [5, 5.41) is 7.13. The van der Waals surface area contributed by atoms with Crippen LogP contribution in [0.4, 0.5) is 0 Å². The third kappa shape index (κ3) is 5.74. The topological polar surface area (TPSA) is 62.3 Å². The summed E-state index contributed by atoms with van der Waals surface area (Å²) in [5.41, 5.74) is 5.31. The lowest BCUT2D eigenvalue weighted by Crippen LogP contribution is -2.30. The fraction of sp³-hybridized carbons (Fsp3) is 0.909. The second-order valence-corrected chi connectivity index (χ2v) is 4.45. The summed E-state index contributed by atoms with van der Waals surface area (Å²) in [6, 6.07) is 0. The predicted molar refractivity (Wildman–Crippen MR) is 62.2 cm³/mol. The van der Waals surface area contributed by atoms with Crippen molar-refractivity contribution in [2.24, 2.45) is 11.7 Å². The molecule has 0 aromatic carbocycles. The average Bonchev–Trinajstić information content (AvgIpc) is 2.18. The lowest BCUT2D eigenvalue weighted by molar-refractivity contribution is 0.0557. The molecule has 1 heterocycles. The van der Waals surface area contributed by atoms with Gasteiger partial charge < -0.3 is 15.4 Å². The minimum absolute atomic E-state index is 0.300. The van der Waals surface area contributed by atoms with Gasteiger partial charge in [-0.15, -0.1) is 0 Å². The van der Waals surface area contributed by atoms with E-state index in [1.807, 2.05) is 0 Å². The van der Waals surface area contributed by atoms with Gasteiger partial charge in [0, 0.05) is 26.2 Å². The Kier molecular flexibility index (Phi) is 5.65. The molecular weight excluding hydrogens is 190 g/mol. The van der Waals surface area contributed by atoms with E-state index >= 15 is 0 Å². The smallest absolute Gasteiger partial charge is 0.0905 e. The molecule has 1 aliphatic heterocycles. The van der Waals surface area contributed by atoms with E-state index in [0.29, 0.717) is 5.84 Å². The van der Waals surface area contributed by atoms with Gasteiger partial charge in [-0.05, 0) is 38.8 Å². The zero-order chi connectivity index (χ0) is 11.1. The summed E-state index contributed by atoms with van der Waals surface area (Å²) in [6.07, 6.45) is 4.10. The summed E-state index contributed by atoms with van der Waals surface area (Å²) in [5.74, 6) is 1.09. The summed E-state index contributed by atoms with van der Waals surface area (Å²) in [7, 11) is 2.15. The maximum atomic E-state index is 7.13. The molecule has 4 nitrogen and oxygen atoms in total. The van der Waals surface area contributed by atoms with Gasteiger partial charge in [0.25, 0.3) is 0 Å². The maximum absolute atomic E-state index is 7.13. The van der Waals surface area contributed by atoms with Crippen LogP contribution in [0.25, 0.3) is 0 Å². The van der Waals surface area contributed by atoms with E-state index < -0.39 is 0 Å². The van der Waals surface area contributed by atoms with E-state index in [9.17, 15) is 0 Å². The first-order valence-corrected chi connectivity index (χ1v) is 5.77. The molecule has 1 aliphatic rings. The second-order valence-electron chi connectivity index (χ2n) is 4.45. The molecule has 0 aromatic rings. The van der Waals surface area contributed by atoms with Crippen molar-refractivity contribution in [3.05, 3.63) is 0 Å². The molecule has 88 valence electrons. The molecule has 1 saturated heterocycles. The monoisotopic (exact) mass is 213 g/mol. The van der Waals surface area contributed by atoms with Crippen molar-refractivity contribution in [2.75, 3.05) is 33.4 Å². The van der Waals surface area contributed by atoms with Gasteiger partial charge in [0.1, 0.15) is 0 Å². The largest absolute Gasteiger partial charge is 0.388 e. The molecule has 4 heteroatoms. The van der Waals surface area contributed by atoms with Crippen molar-refractivity contribution >= 4 is 5.84 Å². The van der Waals surface area contributed by atoms with Gasteiger partial charge in [0.15, 0.2) is 0 Å². The molecule has 0 unspecified atom stereocenters. The van der Waals surface area contributed by atoms with Crippen LogP contribution in [0.2, 0.25) is 0 Å². The van der Waals surface area contributed by atoms with Gasteiger partial charge in [0.2, 0.25) is 0 Å². The molecule has 0 radical (unpaired) electrons. The lowest BCUT2D eigenvalue weighted by Gasteiger charge is -2.27. The number of nitrogens with two attached hydrogens (primary N) is 1. The average molecular weight is 213 g/mol. The van der Waals surface area contributed by atoms with E-state index in [-0.39, 0.29) is 0 Å². The minimum atomic E-state index is 0.300. The zero-order valence-corrected chi connectivity index (χ0v) is 9.67. The first kappa shape index (κ1) is 12.5. The quantitative estimate of drug-likeness (QED) is 0.512. The molecule has 0 aliphatic carbocycles. The molecular formula is C11H23N3O. The molecule has 0 saturated carbocycles. The van der Waals surface area contributed by atoms with Gasteiger partial charge in [-0.25, -0.2) is 0 Å². The Hall–Kier alpha value is -0.610. The number of ether oxygens (including phenoxy) is 1. The summed E-state index contributed by atoms with van der Waals surface area (Å²) < 4.78 is 5.33. The highest BCUT2D eigenvalue weighted by Crippen LogP contribution is 2.15. The number of rotatable bonds is 6. The molecule has 0 bridgehead atoms. The Morgan fingerprint density at radius 2 is 2.13 bits per heavy atom. The Morgan fingerprint density at radius 3 is 2.73 bits per heavy atom. The van der Waals surface area contributed by atoms with Crippen LogP contribution >= 0.6 is 0 Å². The van der Waals surface area contributed by atoms with Gasteiger partial charge in [-0.2, -0.15) is 0 Å². The molecule has 15 heavy (non-hydrogen) atoms. The van der Waals surface area contributed by atoms with Crippen LogP contribution in [-0.4, -0.2) is 44.1 Å². The molecule has 3 N–H and O–H groups in total. The van der Waals surface area contributed by atoms with Crippen LogP contribution in [0.3, 0.4) is 0 Å². The standard InChI is InChI=1S/C11H23N3O/c1-14(6-2-3-11(12)13)9-10-4-7-15-8-5-10/h10H,2-9H2,1H3,(H3,12,13). The zero-order valence-electron chi connectivity index (χ0n) is 9.67. The highest BCUT2D eigenvalue weighted by Gasteiger charge is 2.15. The minimum Gasteiger partial charge on any atom is -0.388 e. The fourth-order valence-corrected chi connectivity index (χ4v) is 2.00. The molecule has 0 amide bonds. The first-order valence-electron chi connectivity index (χ1n) is 5.77. The van der Waals surface area contributed by atoms with Gasteiger partial charge >= 0.3 is 0 Å². The van der Waals surface area contributed by atoms with Crippen molar-refractivity contribution in [3.63, 3.8) is 0 Å². The maximum Gasteiger partial charge on any atom is 0.0905 e. The fourth-order valence-electron chi connectivity index (χ4n) is 2.00. The van der Waals surface area contributed by atoms with E-state index in [4.69, 9.17) is 15.9 Å². The van der Waals surface area contributed by atoms with E-state index in [1.165, 1.54) is 12.8 Å². The van der Waals surface area contributed by atoms with E-state index in [0.717, 1.165) is 45.1 Å². The number of nitrogens with one attached hydrogen (secondary N) is 1. The van der Waals surface area contributed by atoms with Crippen molar-refractivity contribution in [2.45, 2.75) is 25.7 Å². The van der Waals surface area contributed by atoms with Crippen molar-refractivity contribution in [1.82, 2.24) is 4.90 Å². The van der Waals surface area contributed by atoms with Crippen molar-refractivity contribution in [3.8, 4) is 0 Å². The number of nitrogens with zero attached hydrogens (tertiary/aromatic N) is 1. The lowest BCUT2D eigenvalue weighted by atomic mass is 10.00. The molecule has 0 spiro atoms. The SMILES string of the molecule is CN(CCCC(=N)N)CC1CCOCC1. The Labute approximate surface area is 92.3 Å². The van der Waals surface area contributed by atoms with Crippen molar-refractivity contribution in [1.29, 1.82) is 5.41 Å². The van der Waals surface area contributed by atoms with Crippen LogP contribution < -0.4 is 5.73 Å². The van der Waals surface area contributed by atoms with Crippen molar-refractivity contribution < 1.29 is 4.74 Å². The normalized spacial score (nSPS) is 18.3.